The molecular weight excluding hydrogens is 228 g/mol. The minimum absolute atomic E-state index is 0.0526. The highest BCUT2D eigenvalue weighted by Crippen LogP contribution is 2.00. The minimum Gasteiger partial charge on any atom is -0.383 e. The van der Waals surface area contributed by atoms with Crippen LogP contribution in [0.1, 0.15) is 16.8 Å². The van der Waals surface area contributed by atoms with E-state index < -0.39 is 0 Å². The Kier molecular flexibility index (Phi) is 5.82. The number of halogens is 1. The van der Waals surface area contributed by atoms with Crippen molar-refractivity contribution in [3.63, 3.8) is 0 Å². The lowest BCUT2D eigenvalue weighted by atomic mass is 10.2. The lowest BCUT2D eigenvalue weighted by Gasteiger charge is -2.16. The standard InChI is InChI=1S/C11H15ClN2O2/c1-16-8-10(2-5-12)14-11(15)9-3-6-13-7-4-9/h3-4,6-7,10H,2,5,8H2,1H3,(H,14,15). The summed E-state index contributed by atoms with van der Waals surface area (Å²) in [5.41, 5.74) is 0.589. The molecule has 1 aromatic rings. The van der Waals surface area contributed by atoms with Gasteiger partial charge in [0.15, 0.2) is 0 Å². The van der Waals surface area contributed by atoms with Crippen LogP contribution in [0.15, 0.2) is 24.5 Å². The van der Waals surface area contributed by atoms with Gasteiger partial charge in [-0.2, -0.15) is 0 Å². The highest BCUT2D eigenvalue weighted by atomic mass is 35.5. The van der Waals surface area contributed by atoms with Crippen LogP contribution in [0.3, 0.4) is 0 Å². The topological polar surface area (TPSA) is 51.2 Å². The SMILES string of the molecule is COCC(CCCl)NC(=O)c1ccncc1. The molecule has 1 aromatic heterocycles. The first-order valence-corrected chi connectivity index (χ1v) is 5.57. The highest BCUT2D eigenvalue weighted by Gasteiger charge is 2.12. The van der Waals surface area contributed by atoms with Crippen LogP contribution < -0.4 is 5.32 Å². The molecule has 88 valence electrons. The van der Waals surface area contributed by atoms with Crippen molar-refractivity contribution in [3.8, 4) is 0 Å². The lowest BCUT2D eigenvalue weighted by molar-refractivity contribution is 0.0895. The smallest absolute Gasteiger partial charge is 0.251 e. The molecule has 0 aliphatic heterocycles. The molecule has 0 aromatic carbocycles. The number of alkyl halides is 1. The van der Waals surface area contributed by atoms with E-state index in [4.69, 9.17) is 16.3 Å². The molecule has 0 fully saturated rings. The van der Waals surface area contributed by atoms with Crippen molar-refractivity contribution in [1.82, 2.24) is 10.3 Å². The van der Waals surface area contributed by atoms with Gasteiger partial charge in [0.2, 0.25) is 0 Å². The zero-order valence-corrected chi connectivity index (χ0v) is 9.91. The zero-order valence-electron chi connectivity index (χ0n) is 9.15. The van der Waals surface area contributed by atoms with Crippen molar-refractivity contribution in [2.75, 3.05) is 19.6 Å². The Morgan fingerprint density at radius 3 is 2.81 bits per heavy atom. The van der Waals surface area contributed by atoms with E-state index in [1.807, 2.05) is 0 Å². The fraction of sp³-hybridized carbons (Fsp3) is 0.455. The van der Waals surface area contributed by atoms with Crippen molar-refractivity contribution in [2.24, 2.45) is 0 Å². The van der Waals surface area contributed by atoms with Crippen LogP contribution in [0.25, 0.3) is 0 Å². The summed E-state index contributed by atoms with van der Waals surface area (Å²) >= 11 is 5.64. The number of carbonyl (C=O) groups is 1. The van der Waals surface area contributed by atoms with Crippen molar-refractivity contribution in [3.05, 3.63) is 30.1 Å². The van der Waals surface area contributed by atoms with Crippen LogP contribution in [-0.2, 0) is 4.74 Å². The number of rotatable bonds is 6. The predicted molar refractivity (Wildman–Crippen MR) is 62.7 cm³/mol. The van der Waals surface area contributed by atoms with E-state index in [1.54, 1.807) is 31.6 Å². The number of nitrogens with zero attached hydrogens (tertiary/aromatic N) is 1. The number of aromatic nitrogens is 1. The summed E-state index contributed by atoms with van der Waals surface area (Å²) in [6.07, 6.45) is 3.86. The van der Waals surface area contributed by atoms with Gasteiger partial charge in [0.25, 0.3) is 5.91 Å². The summed E-state index contributed by atoms with van der Waals surface area (Å²) in [5, 5.41) is 2.86. The first-order valence-electron chi connectivity index (χ1n) is 5.03. The fourth-order valence-electron chi connectivity index (χ4n) is 1.30. The van der Waals surface area contributed by atoms with E-state index in [1.165, 1.54) is 0 Å². The monoisotopic (exact) mass is 242 g/mol. The van der Waals surface area contributed by atoms with Gasteiger partial charge in [-0.15, -0.1) is 11.6 Å². The lowest BCUT2D eigenvalue weighted by Crippen LogP contribution is -2.38. The number of methoxy groups -OCH3 is 1. The molecule has 0 aliphatic carbocycles. The molecule has 0 saturated heterocycles. The molecule has 1 N–H and O–H groups in total. The highest BCUT2D eigenvalue weighted by molar-refractivity contribution is 6.17. The molecule has 1 heterocycles. The molecule has 1 atom stereocenters. The fourth-order valence-corrected chi connectivity index (χ4v) is 1.57. The van der Waals surface area contributed by atoms with E-state index in [0.717, 1.165) is 0 Å². The van der Waals surface area contributed by atoms with Crippen molar-refractivity contribution in [2.45, 2.75) is 12.5 Å². The summed E-state index contributed by atoms with van der Waals surface area (Å²) < 4.78 is 5.01. The molecule has 0 radical (unpaired) electrons. The molecular formula is C11H15ClN2O2. The van der Waals surface area contributed by atoms with Crippen molar-refractivity contribution < 1.29 is 9.53 Å². The van der Waals surface area contributed by atoms with Gasteiger partial charge in [-0.05, 0) is 18.6 Å². The number of hydrogen-bond acceptors (Lipinski definition) is 3. The number of nitrogens with one attached hydrogen (secondary N) is 1. The van der Waals surface area contributed by atoms with Crippen molar-refractivity contribution in [1.29, 1.82) is 0 Å². The van der Waals surface area contributed by atoms with Crippen molar-refractivity contribution >= 4 is 17.5 Å². The van der Waals surface area contributed by atoms with Gasteiger partial charge < -0.3 is 10.1 Å². The average Bonchev–Trinajstić information content (AvgIpc) is 2.31. The first kappa shape index (κ1) is 12.9. The minimum atomic E-state index is -0.130. The van der Waals surface area contributed by atoms with E-state index in [2.05, 4.69) is 10.3 Å². The van der Waals surface area contributed by atoms with E-state index >= 15 is 0 Å². The molecule has 1 amide bonds. The Bertz CT molecular complexity index is 313. The Morgan fingerprint density at radius 1 is 1.56 bits per heavy atom. The number of pyridine rings is 1. The van der Waals surface area contributed by atoms with Crippen LogP contribution >= 0.6 is 11.6 Å². The average molecular weight is 243 g/mol. The third-order valence-corrected chi connectivity index (χ3v) is 2.32. The quantitative estimate of drug-likeness (QED) is 0.769. The number of ether oxygens (including phenoxy) is 1. The Balaban J connectivity index is 2.54. The van der Waals surface area contributed by atoms with Crippen LogP contribution in [-0.4, -0.2) is 36.5 Å². The van der Waals surface area contributed by atoms with Crippen LogP contribution in [0, 0.1) is 0 Å². The van der Waals surface area contributed by atoms with Crippen LogP contribution in [0.4, 0.5) is 0 Å². The molecule has 5 heteroatoms. The zero-order chi connectivity index (χ0) is 11.8. The van der Waals surface area contributed by atoms with Gasteiger partial charge in [-0.25, -0.2) is 0 Å². The van der Waals surface area contributed by atoms with E-state index in [9.17, 15) is 4.79 Å². The van der Waals surface area contributed by atoms with Gasteiger partial charge in [0.05, 0.1) is 12.6 Å². The van der Waals surface area contributed by atoms with Gasteiger partial charge >= 0.3 is 0 Å². The van der Waals surface area contributed by atoms with Gasteiger partial charge in [0, 0.05) is 30.9 Å². The van der Waals surface area contributed by atoms with Crippen LogP contribution in [0.5, 0.6) is 0 Å². The van der Waals surface area contributed by atoms with E-state index in [-0.39, 0.29) is 11.9 Å². The summed E-state index contributed by atoms with van der Waals surface area (Å²) in [6.45, 7) is 0.462. The molecule has 0 bridgehead atoms. The number of hydrogen-bond donors (Lipinski definition) is 1. The summed E-state index contributed by atoms with van der Waals surface area (Å²) in [6, 6.07) is 3.28. The van der Waals surface area contributed by atoms with Gasteiger partial charge in [-0.1, -0.05) is 0 Å². The maximum Gasteiger partial charge on any atom is 0.251 e. The van der Waals surface area contributed by atoms with Gasteiger partial charge in [-0.3, -0.25) is 9.78 Å². The summed E-state index contributed by atoms with van der Waals surface area (Å²) in [7, 11) is 1.60. The molecule has 0 aliphatic rings. The molecule has 1 unspecified atom stereocenters. The van der Waals surface area contributed by atoms with Crippen LogP contribution in [0.2, 0.25) is 0 Å². The second-order valence-corrected chi connectivity index (χ2v) is 3.72. The Labute approximate surface area is 100.0 Å². The molecule has 0 saturated carbocycles. The normalized spacial score (nSPS) is 12.1. The predicted octanol–water partition coefficient (Wildman–Crippen LogP) is 1.46. The summed E-state index contributed by atoms with van der Waals surface area (Å²) in [4.78, 5) is 15.6. The van der Waals surface area contributed by atoms with E-state index in [0.29, 0.717) is 24.5 Å². The Hall–Kier alpha value is -1.13. The maximum absolute atomic E-state index is 11.8. The largest absolute Gasteiger partial charge is 0.383 e. The molecule has 16 heavy (non-hydrogen) atoms. The number of amides is 1. The molecule has 0 spiro atoms. The number of carbonyl (C=O) groups excluding carboxylic acids is 1. The van der Waals surface area contributed by atoms with Gasteiger partial charge in [0.1, 0.15) is 0 Å². The third-order valence-electron chi connectivity index (χ3n) is 2.10. The maximum atomic E-state index is 11.8. The first-order chi connectivity index (χ1) is 7.77. The second kappa shape index (κ2) is 7.19. The second-order valence-electron chi connectivity index (χ2n) is 3.34. The molecule has 4 nitrogen and oxygen atoms in total. The summed E-state index contributed by atoms with van der Waals surface area (Å²) in [5.74, 6) is 0.361. The third kappa shape index (κ3) is 4.16. The Morgan fingerprint density at radius 2 is 2.25 bits per heavy atom. The molecule has 1 rings (SSSR count).